The fraction of sp³-hybridized carbons (Fsp3) is 0.0952. The Balaban J connectivity index is 1.82. The summed E-state index contributed by atoms with van der Waals surface area (Å²) >= 11 is 5.91. The first-order valence-electron chi connectivity index (χ1n) is 8.62. The van der Waals surface area contributed by atoms with Gasteiger partial charge < -0.3 is 5.32 Å². The van der Waals surface area contributed by atoms with Gasteiger partial charge in [-0.25, -0.2) is 12.8 Å². The summed E-state index contributed by atoms with van der Waals surface area (Å²) < 4.78 is 39.6. The maximum absolute atomic E-state index is 14.0. The molecule has 0 aliphatic heterocycles. The Morgan fingerprint density at radius 3 is 2.34 bits per heavy atom. The van der Waals surface area contributed by atoms with E-state index in [0.29, 0.717) is 22.0 Å². The molecule has 0 atom stereocenters. The Hall–Kier alpha value is -2.90. The summed E-state index contributed by atoms with van der Waals surface area (Å²) in [5.74, 6) is -0.850. The number of benzene rings is 3. The maximum atomic E-state index is 14.0. The third-order valence-electron chi connectivity index (χ3n) is 4.17. The second-order valence-electron chi connectivity index (χ2n) is 6.37. The number of sulfonamides is 1. The number of hydrogen-bond donors (Lipinski definition) is 1. The zero-order valence-corrected chi connectivity index (χ0v) is 17.0. The van der Waals surface area contributed by atoms with E-state index in [-0.39, 0.29) is 18.0 Å². The van der Waals surface area contributed by atoms with E-state index in [1.165, 1.54) is 42.5 Å². The van der Waals surface area contributed by atoms with Crippen LogP contribution in [0.15, 0.2) is 72.8 Å². The van der Waals surface area contributed by atoms with E-state index in [0.717, 1.165) is 10.6 Å². The highest BCUT2D eigenvalue weighted by Gasteiger charge is 2.20. The molecule has 0 bridgehead atoms. The number of nitrogens with one attached hydrogen (secondary N) is 1. The molecule has 1 amide bonds. The first-order chi connectivity index (χ1) is 13.7. The molecule has 0 radical (unpaired) electrons. The molecule has 0 fully saturated rings. The zero-order valence-electron chi connectivity index (χ0n) is 15.5. The van der Waals surface area contributed by atoms with Crippen molar-refractivity contribution in [2.24, 2.45) is 0 Å². The molecule has 150 valence electrons. The number of halogens is 2. The number of anilines is 2. The molecule has 0 saturated carbocycles. The fourth-order valence-corrected chi connectivity index (χ4v) is 3.80. The van der Waals surface area contributed by atoms with Crippen molar-refractivity contribution in [1.29, 1.82) is 0 Å². The molecule has 0 aromatic heterocycles. The van der Waals surface area contributed by atoms with E-state index in [1.54, 1.807) is 30.3 Å². The van der Waals surface area contributed by atoms with Gasteiger partial charge in [-0.3, -0.25) is 9.10 Å². The standard InChI is InChI=1S/C21H18ClFN2O3S/c1-29(27,28)25(14-16-5-2-3-8-20(16)23)19-11-9-15(10-12-19)21(26)24-18-7-4-6-17(22)13-18/h2-13H,14H2,1H3,(H,24,26). The number of carbonyl (C=O) groups excluding carboxylic acids is 1. The molecule has 0 heterocycles. The van der Waals surface area contributed by atoms with Gasteiger partial charge >= 0.3 is 0 Å². The van der Waals surface area contributed by atoms with Crippen molar-refractivity contribution in [3.05, 3.63) is 94.8 Å². The van der Waals surface area contributed by atoms with E-state index in [2.05, 4.69) is 5.32 Å². The van der Waals surface area contributed by atoms with Gasteiger partial charge in [0.15, 0.2) is 0 Å². The van der Waals surface area contributed by atoms with Gasteiger partial charge in [0, 0.05) is 21.8 Å². The highest BCUT2D eigenvalue weighted by atomic mass is 35.5. The minimum Gasteiger partial charge on any atom is -0.322 e. The van der Waals surface area contributed by atoms with Gasteiger partial charge in [-0.15, -0.1) is 0 Å². The lowest BCUT2D eigenvalue weighted by atomic mass is 10.1. The predicted molar refractivity (Wildman–Crippen MR) is 113 cm³/mol. The molecular formula is C21H18ClFN2O3S. The minimum absolute atomic E-state index is 0.153. The van der Waals surface area contributed by atoms with Crippen LogP contribution < -0.4 is 9.62 Å². The largest absolute Gasteiger partial charge is 0.322 e. The SMILES string of the molecule is CS(=O)(=O)N(Cc1ccccc1F)c1ccc(C(=O)Nc2cccc(Cl)c2)cc1. The quantitative estimate of drug-likeness (QED) is 0.614. The average molecular weight is 433 g/mol. The molecule has 1 N–H and O–H groups in total. The van der Waals surface area contributed by atoms with Gasteiger partial charge in [-0.05, 0) is 48.5 Å². The minimum atomic E-state index is -3.67. The molecule has 3 aromatic carbocycles. The van der Waals surface area contributed by atoms with E-state index >= 15 is 0 Å². The predicted octanol–water partition coefficient (Wildman–Crippen LogP) is 4.70. The van der Waals surface area contributed by atoms with Gasteiger partial charge in [-0.1, -0.05) is 35.9 Å². The molecule has 0 spiro atoms. The van der Waals surface area contributed by atoms with E-state index in [4.69, 9.17) is 11.6 Å². The van der Waals surface area contributed by atoms with Crippen molar-refractivity contribution in [3.63, 3.8) is 0 Å². The van der Waals surface area contributed by atoms with Gasteiger partial charge in [0.25, 0.3) is 5.91 Å². The van der Waals surface area contributed by atoms with Crippen LogP contribution >= 0.6 is 11.6 Å². The Morgan fingerprint density at radius 1 is 1.03 bits per heavy atom. The summed E-state index contributed by atoms with van der Waals surface area (Å²) in [7, 11) is -3.67. The van der Waals surface area contributed by atoms with E-state index in [9.17, 15) is 17.6 Å². The first kappa shape index (κ1) is 20.8. The molecule has 3 aromatic rings. The van der Waals surface area contributed by atoms with Gasteiger partial charge in [0.1, 0.15) is 5.82 Å². The van der Waals surface area contributed by atoms with Crippen molar-refractivity contribution in [1.82, 2.24) is 0 Å². The third kappa shape index (κ3) is 5.34. The van der Waals surface area contributed by atoms with Crippen LogP contribution in [0.3, 0.4) is 0 Å². The van der Waals surface area contributed by atoms with Crippen LogP contribution in [0.25, 0.3) is 0 Å². The molecule has 0 unspecified atom stereocenters. The highest BCUT2D eigenvalue weighted by Crippen LogP contribution is 2.23. The van der Waals surface area contributed by atoms with Gasteiger partial charge in [0.05, 0.1) is 18.5 Å². The lowest BCUT2D eigenvalue weighted by molar-refractivity contribution is 0.102. The third-order valence-corrected chi connectivity index (χ3v) is 5.55. The van der Waals surface area contributed by atoms with Crippen LogP contribution in [-0.2, 0) is 16.6 Å². The summed E-state index contributed by atoms with van der Waals surface area (Å²) in [5, 5.41) is 3.22. The molecule has 29 heavy (non-hydrogen) atoms. The van der Waals surface area contributed by atoms with Crippen molar-refractivity contribution in [2.75, 3.05) is 15.9 Å². The molecule has 3 rings (SSSR count). The maximum Gasteiger partial charge on any atom is 0.255 e. The molecule has 5 nitrogen and oxygen atoms in total. The number of hydrogen-bond acceptors (Lipinski definition) is 3. The van der Waals surface area contributed by atoms with E-state index in [1.807, 2.05) is 0 Å². The van der Waals surface area contributed by atoms with Crippen LogP contribution in [0.5, 0.6) is 0 Å². The Bertz CT molecular complexity index is 1130. The number of amides is 1. The summed E-state index contributed by atoms with van der Waals surface area (Å²) in [6.07, 6.45) is 1.05. The Morgan fingerprint density at radius 2 is 1.72 bits per heavy atom. The lowest BCUT2D eigenvalue weighted by Crippen LogP contribution is -2.29. The van der Waals surface area contributed by atoms with Crippen molar-refractivity contribution in [2.45, 2.75) is 6.54 Å². The first-order valence-corrected chi connectivity index (χ1v) is 10.8. The topological polar surface area (TPSA) is 66.5 Å². The van der Waals surface area contributed by atoms with Crippen molar-refractivity contribution in [3.8, 4) is 0 Å². The molecule has 0 aliphatic rings. The summed E-state index contributed by atoms with van der Waals surface area (Å²) in [5.41, 5.74) is 1.47. The number of rotatable bonds is 6. The lowest BCUT2D eigenvalue weighted by Gasteiger charge is -2.23. The van der Waals surface area contributed by atoms with Crippen LogP contribution in [0.4, 0.5) is 15.8 Å². The Labute approximate surface area is 173 Å². The van der Waals surface area contributed by atoms with Gasteiger partial charge in [0.2, 0.25) is 10.0 Å². The van der Waals surface area contributed by atoms with Crippen LogP contribution in [0.1, 0.15) is 15.9 Å². The number of carbonyl (C=O) groups is 1. The molecular weight excluding hydrogens is 415 g/mol. The monoisotopic (exact) mass is 432 g/mol. The molecule has 0 saturated heterocycles. The van der Waals surface area contributed by atoms with Crippen LogP contribution in [0, 0.1) is 5.82 Å². The summed E-state index contributed by atoms with van der Waals surface area (Å²) in [6.45, 7) is -0.153. The normalized spacial score (nSPS) is 11.1. The molecule has 0 aliphatic carbocycles. The Kier molecular flexibility index (Phi) is 6.20. The fourth-order valence-electron chi connectivity index (χ4n) is 2.73. The number of nitrogens with zero attached hydrogens (tertiary/aromatic N) is 1. The molecule has 8 heteroatoms. The van der Waals surface area contributed by atoms with E-state index < -0.39 is 15.8 Å². The summed E-state index contributed by atoms with van der Waals surface area (Å²) in [4.78, 5) is 12.4. The van der Waals surface area contributed by atoms with Crippen molar-refractivity contribution < 1.29 is 17.6 Å². The summed E-state index contributed by atoms with van der Waals surface area (Å²) in [6, 6.07) is 18.8. The van der Waals surface area contributed by atoms with Gasteiger partial charge in [-0.2, -0.15) is 0 Å². The van der Waals surface area contributed by atoms with Crippen molar-refractivity contribution >= 4 is 38.9 Å². The zero-order chi connectivity index (χ0) is 21.0. The smallest absolute Gasteiger partial charge is 0.255 e. The van der Waals surface area contributed by atoms with Crippen LogP contribution in [-0.4, -0.2) is 20.6 Å². The van der Waals surface area contributed by atoms with Crippen LogP contribution in [0.2, 0.25) is 5.02 Å². The second kappa shape index (κ2) is 8.63. The highest BCUT2D eigenvalue weighted by molar-refractivity contribution is 7.92. The average Bonchev–Trinajstić information content (AvgIpc) is 2.66. The second-order valence-corrected chi connectivity index (χ2v) is 8.72.